The highest BCUT2D eigenvalue weighted by Gasteiger charge is 2.25. The van der Waals surface area contributed by atoms with Gasteiger partial charge in [0.2, 0.25) is 0 Å². The van der Waals surface area contributed by atoms with E-state index >= 15 is 0 Å². The standard InChI is InChI=1S/C10H17N3O8/c11-4(8(16)17)2-12-6(10(20)21)3-13-5(9(18)19)1-7(14)15/h4-6,12-13H,1-3,11H2,(H,14,15)(H,16,17)(H,18,19)(H,20,21)/t4-,5?,6-/m0/s1. The third kappa shape index (κ3) is 7.81. The molecule has 11 nitrogen and oxygen atoms in total. The van der Waals surface area contributed by atoms with Gasteiger partial charge in [-0.05, 0) is 0 Å². The fraction of sp³-hybridized carbons (Fsp3) is 0.600. The molecule has 0 rings (SSSR count). The minimum atomic E-state index is -1.46. The zero-order chi connectivity index (χ0) is 16.6. The SMILES string of the molecule is N[C@@H](CN[C@@H](CNC(CC(=O)O)C(=O)O)C(=O)O)C(=O)O. The molecule has 0 heterocycles. The molecule has 0 radical (unpaired) electrons. The van der Waals surface area contributed by atoms with Crippen LogP contribution in [0, 0.1) is 0 Å². The normalized spacial score (nSPS) is 14.9. The molecule has 0 saturated carbocycles. The van der Waals surface area contributed by atoms with Gasteiger partial charge in [0.05, 0.1) is 6.42 Å². The van der Waals surface area contributed by atoms with Gasteiger partial charge < -0.3 is 36.8 Å². The lowest BCUT2D eigenvalue weighted by Crippen LogP contribution is -2.53. The van der Waals surface area contributed by atoms with E-state index in [1.165, 1.54) is 0 Å². The van der Waals surface area contributed by atoms with Gasteiger partial charge in [-0.2, -0.15) is 0 Å². The van der Waals surface area contributed by atoms with E-state index < -0.39 is 55.0 Å². The van der Waals surface area contributed by atoms with E-state index in [4.69, 9.17) is 26.2 Å². The van der Waals surface area contributed by atoms with Crippen LogP contribution in [0.1, 0.15) is 6.42 Å². The fourth-order valence-electron chi connectivity index (χ4n) is 1.28. The summed E-state index contributed by atoms with van der Waals surface area (Å²) < 4.78 is 0. The molecule has 11 heteroatoms. The van der Waals surface area contributed by atoms with Gasteiger partial charge >= 0.3 is 23.9 Å². The number of carbonyl (C=O) groups is 4. The fourth-order valence-corrected chi connectivity index (χ4v) is 1.28. The Morgan fingerprint density at radius 2 is 1.29 bits per heavy atom. The Bertz CT molecular complexity index is 413. The van der Waals surface area contributed by atoms with Crippen molar-refractivity contribution in [2.45, 2.75) is 24.5 Å². The zero-order valence-electron chi connectivity index (χ0n) is 10.9. The number of nitrogens with two attached hydrogens (primary N) is 1. The first-order chi connectivity index (χ1) is 9.65. The second-order valence-corrected chi connectivity index (χ2v) is 4.14. The van der Waals surface area contributed by atoms with Crippen LogP contribution in [-0.4, -0.2) is 75.5 Å². The first-order valence-electron chi connectivity index (χ1n) is 5.77. The van der Waals surface area contributed by atoms with Crippen molar-refractivity contribution in [3.8, 4) is 0 Å². The molecule has 0 aromatic heterocycles. The van der Waals surface area contributed by atoms with Crippen molar-refractivity contribution in [3.05, 3.63) is 0 Å². The van der Waals surface area contributed by atoms with Crippen LogP contribution >= 0.6 is 0 Å². The first-order valence-corrected chi connectivity index (χ1v) is 5.77. The number of rotatable bonds is 11. The molecular weight excluding hydrogens is 290 g/mol. The van der Waals surface area contributed by atoms with Gasteiger partial charge in [0.1, 0.15) is 18.1 Å². The van der Waals surface area contributed by atoms with E-state index in [9.17, 15) is 19.2 Å². The van der Waals surface area contributed by atoms with E-state index in [2.05, 4.69) is 10.6 Å². The Morgan fingerprint density at radius 3 is 1.67 bits per heavy atom. The van der Waals surface area contributed by atoms with Crippen LogP contribution in [0.25, 0.3) is 0 Å². The predicted octanol–water partition coefficient (Wildman–Crippen LogP) is -3.04. The lowest BCUT2D eigenvalue weighted by molar-refractivity contribution is -0.146. The number of carboxylic acid groups (broad SMARTS) is 4. The molecule has 0 aliphatic rings. The molecule has 0 aromatic rings. The van der Waals surface area contributed by atoms with Gasteiger partial charge in [0.15, 0.2) is 0 Å². The molecule has 0 aliphatic carbocycles. The molecule has 0 amide bonds. The van der Waals surface area contributed by atoms with Crippen LogP contribution < -0.4 is 16.4 Å². The van der Waals surface area contributed by atoms with Gasteiger partial charge in [-0.25, -0.2) is 0 Å². The Labute approximate surface area is 118 Å². The highest BCUT2D eigenvalue weighted by Crippen LogP contribution is 1.94. The van der Waals surface area contributed by atoms with Crippen molar-refractivity contribution >= 4 is 23.9 Å². The van der Waals surface area contributed by atoms with Crippen molar-refractivity contribution in [1.29, 1.82) is 0 Å². The van der Waals surface area contributed by atoms with Crippen LogP contribution in [-0.2, 0) is 19.2 Å². The number of nitrogens with one attached hydrogen (secondary N) is 2. The summed E-state index contributed by atoms with van der Waals surface area (Å²) in [6.07, 6.45) is -0.726. The number of carboxylic acids is 4. The summed E-state index contributed by atoms with van der Waals surface area (Å²) in [6.45, 7) is -0.753. The molecule has 1 unspecified atom stereocenters. The lowest BCUT2D eigenvalue weighted by atomic mass is 10.2. The quantitative estimate of drug-likeness (QED) is 0.204. The molecular formula is C10H17N3O8. The minimum absolute atomic E-state index is 0.343. The Kier molecular flexibility index (Phi) is 7.89. The average Bonchev–Trinajstić information content (AvgIpc) is 2.35. The van der Waals surface area contributed by atoms with Gasteiger partial charge in [-0.15, -0.1) is 0 Å². The monoisotopic (exact) mass is 307 g/mol. The predicted molar refractivity (Wildman–Crippen MR) is 66.7 cm³/mol. The highest BCUT2D eigenvalue weighted by molar-refractivity contribution is 5.80. The first kappa shape index (κ1) is 18.8. The maximum absolute atomic E-state index is 10.9. The van der Waals surface area contributed by atoms with Crippen LogP contribution in [0.4, 0.5) is 0 Å². The molecule has 8 N–H and O–H groups in total. The Hall–Kier alpha value is -2.24. The van der Waals surface area contributed by atoms with E-state index in [0.717, 1.165) is 0 Å². The maximum Gasteiger partial charge on any atom is 0.322 e. The van der Waals surface area contributed by atoms with Crippen molar-refractivity contribution in [1.82, 2.24) is 10.6 Å². The largest absolute Gasteiger partial charge is 0.481 e. The van der Waals surface area contributed by atoms with Crippen molar-refractivity contribution < 1.29 is 39.6 Å². The zero-order valence-corrected chi connectivity index (χ0v) is 10.9. The highest BCUT2D eigenvalue weighted by atomic mass is 16.4. The third-order valence-corrected chi connectivity index (χ3v) is 2.44. The van der Waals surface area contributed by atoms with Gasteiger partial charge in [0.25, 0.3) is 0 Å². The number of hydrogen-bond donors (Lipinski definition) is 7. The van der Waals surface area contributed by atoms with E-state index in [1.807, 2.05) is 0 Å². The van der Waals surface area contributed by atoms with Gasteiger partial charge in [-0.3, -0.25) is 19.2 Å². The molecule has 21 heavy (non-hydrogen) atoms. The summed E-state index contributed by atoms with van der Waals surface area (Å²) in [5, 5.41) is 39.4. The molecule has 120 valence electrons. The Morgan fingerprint density at radius 1 is 0.810 bits per heavy atom. The summed E-state index contributed by atoms with van der Waals surface area (Å²) >= 11 is 0. The van der Waals surface area contributed by atoms with Gasteiger partial charge in [-0.1, -0.05) is 0 Å². The number of aliphatic carboxylic acids is 4. The summed E-state index contributed by atoms with van der Waals surface area (Å²) in [5.74, 6) is -5.49. The molecule has 0 bridgehead atoms. The second kappa shape index (κ2) is 8.84. The average molecular weight is 307 g/mol. The topological polar surface area (TPSA) is 199 Å². The Balaban J connectivity index is 4.49. The van der Waals surface area contributed by atoms with E-state index in [-0.39, 0.29) is 6.54 Å². The molecule has 3 atom stereocenters. The number of hydrogen-bond acceptors (Lipinski definition) is 7. The summed E-state index contributed by atoms with van der Waals surface area (Å²) in [6, 6.07) is -4.09. The maximum atomic E-state index is 10.9. The van der Waals surface area contributed by atoms with Crippen molar-refractivity contribution in [2.75, 3.05) is 13.1 Å². The van der Waals surface area contributed by atoms with Crippen LogP contribution in [0.15, 0.2) is 0 Å². The van der Waals surface area contributed by atoms with Crippen molar-refractivity contribution in [3.63, 3.8) is 0 Å². The van der Waals surface area contributed by atoms with E-state index in [0.29, 0.717) is 0 Å². The third-order valence-electron chi connectivity index (χ3n) is 2.44. The van der Waals surface area contributed by atoms with Gasteiger partial charge in [0, 0.05) is 13.1 Å². The summed E-state index contributed by atoms with van der Waals surface area (Å²) in [4.78, 5) is 42.7. The molecule has 0 aliphatic heterocycles. The smallest absolute Gasteiger partial charge is 0.322 e. The molecule has 0 spiro atoms. The van der Waals surface area contributed by atoms with Crippen molar-refractivity contribution in [2.24, 2.45) is 5.73 Å². The summed E-state index contributed by atoms with van der Waals surface area (Å²) in [7, 11) is 0. The van der Waals surface area contributed by atoms with Crippen LogP contribution in [0.2, 0.25) is 0 Å². The van der Waals surface area contributed by atoms with Crippen LogP contribution in [0.3, 0.4) is 0 Å². The minimum Gasteiger partial charge on any atom is -0.481 e. The second-order valence-electron chi connectivity index (χ2n) is 4.14. The lowest BCUT2D eigenvalue weighted by Gasteiger charge is -2.19. The molecule has 0 aromatic carbocycles. The molecule has 0 fully saturated rings. The summed E-state index contributed by atoms with van der Waals surface area (Å²) in [5.41, 5.74) is 5.19. The molecule has 0 saturated heterocycles. The van der Waals surface area contributed by atoms with E-state index in [1.54, 1.807) is 0 Å². The van der Waals surface area contributed by atoms with Crippen LogP contribution in [0.5, 0.6) is 0 Å².